The van der Waals surface area contributed by atoms with Crippen molar-refractivity contribution in [2.24, 2.45) is 0 Å². The van der Waals surface area contributed by atoms with Gasteiger partial charge in [0.25, 0.3) is 5.91 Å². The molecule has 4 rings (SSSR count). The number of benzene rings is 2. The third-order valence-electron chi connectivity index (χ3n) is 4.08. The number of nitrogens with one attached hydrogen (secondary N) is 1. The second-order valence-corrected chi connectivity index (χ2v) is 6.07. The van der Waals surface area contributed by atoms with Crippen molar-refractivity contribution in [1.29, 1.82) is 0 Å². The third-order valence-corrected chi connectivity index (χ3v) is 4.08. The van der Waals surface area contributed by atoms with Crippen LogP contribution in [-0.4, -0.2) is 20.9 Å². The van der Waals surface area contributed by atoms with Gasteiger partial charge in [0, 0.05) is 29.5 Å². The van der Waals surface area contributed by atoms with Crippen LogP contribution in [0, 0.1) is 12.7 Å². The number of hydrogen-bond acceptors (Lipinski definition) is 5. The standard InChI is InChI=1S/C21H15FN4O2/c1-13-18(11-14-3-4-15(22)12-19(14)25-13)20(27)26-16-5-7-17(8-6-16)28-21-23-9-2-10-24-21/h2-12H,1H3,(H,26,27). The molecule has 2 heterocycles. The summed E-state index contributed by atoms with van der Waals surface area (Å²) in [5.41, 5.74) is 2.07. The van der Waals surface area contributed by atoms with Crippen molar-refractivity contribution in [2.45, 2.75) is 6.92 Å². The molecule has 1 amide bonds. The van der Waals surface area contributed by atoms with Gasteiger partial charge in [-0.25, -0.2) is 14.4 Å². The van der Waals surface area contributed by atoms with Crippen LogP contribution in [0.25, 0.3) is 10.9 Å². The summed E-state index contributed by atoms with van der Waals surface area (Å²) in [6.07, 6.45) is 3.18. The maximum atomic E-state index is 13.3. The topological polar surface area (TPSA) is 77.0 Å². The largest absolute Gasteiger partial charge is 0.424 e. The zero-order chi connectivity index (χ0) is 19.5. The molecule has 0 saturated carbocycles. The molecule has 0 aliphatic rings. The van der Waals surface area contributed by atoms with Gasteiger partial charge in [-0.1, -0.05) is 0 Å². The van der Waals surface area contributed by atoms with Gasteiger partial charge >= 0.3 is 6.01 Å². The fourth-order valence-electron chi connectivity index (χ4n) is 2.71. The molecule has 0 spiro atoms. The normalized spacial score (nSPS) is 10.6. The zero-order valence-corrected chi connectivity index (χ0v) is 14.9. The summed E-state index contributed by atoms with van der Waals surface area (Å²) < 4.78 is 18.9. The van der Waals surface area contributed by atoms with Gasteiger partial charge in [0.15, 0.2) is 0 Å². The lowest BCUT2D eigenvalue weighted by molar-refractivity contribution is 0.102. The zero-order valence-electron chi connectivity index (χ0n) is 14.9. The second kappa shape index (κ2) is 7.40. The number of halogens is 1. The minimum atomic E-state index is -0.361. The smallest absolute Gasteiger partial charge is 0.321 e. The Morgan fingerprint density at radius 1 is 1.04 bits per heavy atom. The SMILES string of the molecule is Cc1nc2cc(F)ccc2cc1C(=O)Nc1ccc(Oc2ncccn2)cc1. The summed E-state index contributed by atoms with van der Waals surface area (Å²) >= 11 is 0. The van der Waals surface area contributed by atoms with Crippen LogP contribution < -0.4 is 10.1 Å². The quantitative estimate of drug-likeness (QED) is 0.568. The molecule has 0 unspecified atom stereocenters. The highest BCUT2D eigenvalue weighted by Crippen LogP contribution is 2.22. The van der Waals surface area contributed by atoms with Gasteiger partial charge in [-0.15, -0.1) is 0 Å². The number of amides is 1. The van der Waals surface area contributed by atoms with Gasteiger partial charge in [0.05, 0.1) is 16.8 Å². The van der Waals surface area contributed by atoms with E-state index in [1.807, 2.05) is 0 Å². The molecule has 2 aromatic carbocycles. The number of aryl methyl sites for hydroxylation is 1. The Hall–Kier alpha value is -3.87. The monoisotopic (exact) mass is 374 g/mol. The highest BCUT2D eigenvalue weighted by atomic mass is 19.1. The molecule has 138 valence electrons. The summed E-state index contributed by atoms with van der Waals surface area (Å²) in [5, 5.41) is 3.52. The third kappa shape index (κ3) is 3.78. The number of ether oxygens (including phenoxy) is 1. The van der Waals surface area contributed by atoms with E-state index in [2.05, 4.69) is 20.3 Å². The molecule has 0 bridgehead atoms. The van der Waals surface area contributed by atoms with Crippen LogP contribution in [0.3, 0.4) is 0 Å². The Labute approximate surface area is 160 Å². The van der Waals surface area contributed by atoms with Gasteiger partial charge in [0.2, 0.25) is 0 Å². The number of hydrogen-bond donors (Lipinski definition) is 1. The predicted octanol–water partition coefficient (Wildman–Crippen LogP) is 4.52. The van der Waals surface area contributed by atoms with Gasteiger partial charge in [-0.3, -0.25) is 9.78 Å². The molecule has 0 saturated heterocycles. The summed E-state index contributed by atoms with van der Waals surface area (Å²) in [5.74, 6) is -0.106. The molecule has 4 aromatic rings. The van der Waals surface area contributed by atoms with Crippen LogP contribution in [0.2, 0.25) is 0 Å². The van der Waals surface area contributed by atoms with E-state index in [-0.39, 0.29) is 17.7 Å². The molecule has 0 fully saturated rings. The maximum absolute atomic E-state index is 13.3. The first-order valence-corrected chi connectivity index (χ1v) is 8.52. The second-order valence-electron chi connectivity index (χ2n) is 6.07. The lowest BCUT2D eigenvalue weighted by Crippen LogP contribution is -2.14. The van der Waals surface area contributed by atoms with E-state index in [9.17, 15) is 9.18 Å². The predicted molar refractivity (Wildman–Crippen MR) is 103 cm³/mol. The number of rotatable bonds is 4. The molecular formula is C21H15FN4O2. The summed E-state index contributed by atoms with van der Waals surface area (Å²) in [4.78, 5) is 25.0. The number of fused-ring (bicyclic) bond motifs is 1. The van der Waals surface area contributed by atoms with E-state index in [4.69, 9.17) is 4.74 Å². The number of nitrogens with zero attached hydrogens (tertiary/aromatic N) is 3. The number of carbonyl (C=O) groups excluding carboxylic acids is 1. The molecule has 0 aliphatic carbocycles. The number of anilines is 1. The summed E-state index contributed by atoms with van der Waals surface area (Å²) in [6.45, 7) is 1.72. The summed E-state index contributed by atoms with van der Waals surface area (Å²) in [6, 6.07) is 14.8. The Morgan fingerprint density at radius 3 is 2.54 bits per heavy atom. The molecule has 0 radical (unpaired) electrons. The van der Waals surface area contributed by atoms with E-state index in [1.54, 1.807) is 61.8 Å². The highest BCUT2D eigenvalue weighted by Gasteiger charge is 2.12. The van der Waals surface area contributed by atoms with Crippen molar-refractivity contribution in [2.75, 3.05) is 5.32 Å². The first-order valence-electron chi connectivity index (χ1n) is 8.52. The van der Waals surface area contributed by atoms with Crippen molar-refractivity contribution in [3.63, 3.8) is 0 Å². The average molecular weight is 374 g/mol. The van der Waals surface area contributed by atoms with Gasteiger partial charge in [-0.05, 0) is 55.5 Å². The molecule has 2 aromatic heterocycles. The first-order chi connectivity index (χ1) is 13.6. The fraction of sp³-hybridized carbons (Fsp3) is 0.0476. The molecule has 28 heavy (non-hydrogen) atoms. The molecule has 6 nitrogen and oxygen atoms in total. The van der Waals surface area contributed by atoms with Crippen molar-refractivity contribution in [3.05, 3.63) is 84.1 Å². The van der Waals surface area contributed by atoms with Crippen LogP contribution in [0.15, 0.2) is 67.0 Å². The molecular weight excluding hydrogens is 359 g/mol. The Morgan fingerprint density at radius 2 is 1.79 bits per heavy atom. The number of aromatic nitrogens is 3. The van der Waals surface area contributed by atoms with Gasteiger partial charge in [0.1, 0.15) is 11.6 Å². The van der Waals surface area contributed by atoms with E-state index >= 15 is 0 Å². The van der Waals surface area contributed by atoms with Crippen LogP contribution in [0.4, 0.5) is 10.1 Å². The maximum Gasteiger partial charge on any atom is 0.321 e. The van der Waals surface area contributed by atoms with Crippen LogP contribution in [0.1, 0.15) is 16.1 Å². The van der Waals surface area contributed by atoms with E-state index < -0.39 is 0 Å². The number of carbonyl (C=O) groups is 1. The molecule has 1 N–H and O–H groups in total. The van der Waals surface area contributed by atoms with Crippen molar-refractivity contribution < 1.29 is 13.9 Å². The Kier molecular flexibility index (Phi) is 4.63. The Bertz CT molecular complexity index is 1150. The fourth-order valence-corrected chi connectivity index (χ4v) is 2.71. The van der Waals surface area contributed by atoms with Crippen molar-refractivity contribution in [1.82, 2.24) is 15.0 Å². The first kappa shape index (κ1) is 17.5. The lowest BCUT2D eigenvalue weighted by Gasteiger charge is -2.10. The lowest BCUT2D eigenvalue weighted by atomic mass is 10.1. The average Bonchev–Trinajstić information content (AvgIpc) is 2.69. The van der Waals surface area contributed by atoms with Crippen LogP contribution in [-0.2, 0) is 0 Å². The molecule has 0 atom stereocenters. The molecule has 7 heteroatoms. The summed E-state index contributed by atoms with van der Waals surface area (Å²) in [7, 11) is 0. The minimum absolute atomic E-state index is 0.244. The van der Waals surface area contributed by atoms with Gasteiger partial charge in [-0.2, -0.15) is 0 Å². The van der Waals surface area contributed by atoms with Crippen molar-refractivity contribution >= 4 is 22.5 Å². The van der Waals surface area contributed by atoms with E-state index in [0.29, 0.717) is 33.6 Å². The van der Waals surface area contributed by atoms with E-state index in [1.165, 1.54) is 12.1 Å². The van der Waals surface area contributed by atoms with Crippen LogP contribution in [0.5, 0.6) is 11.8 Å². The highest BCUT2D eigenvalue weighted by molar-refractivity contribution is 6.06. The molecule has 0 aliphatic heterocycles. The van der Waals surface area contributed by atoms with Gasteiger partial charge < -0.3 is 10.1 Å². The van der Waals surface area contributed by atoms with Crippen LogP contribution >= 0.6 is 0 Å². The minimum Gasteiger partial charge on any atom is -0.424 e. The number of pyridine rings is 1. The van der Waals surface area contributed by atoms with Crippen molar-refractivity contribution in [3.8, 4) is 11.8 Å². The Balaban J connectivity index is 1.51. The van der Waals surface area contributed by atoms with E-state index in [0.717, 1.165) is 0 Å².